The molecule has 0 N–H and O–H groups in total. The highest BCUT2D eigenvalue weighted by molar-refractivity contribution is 5.91. The summed E-state index contributed by atoms with van der Waals surface area (Å²) in [5.41, 5.74) is 2.37. The van der Waals surface area contributed by atoms with Crippen LogP contribution in [0.15, 0.2) is 36.5 Å². The summed E-state index contributed by atoms with van der Waals surface area (Å²) in [6, 6.07) is 10.6. The standard InChI is InChI=1S/C21H25N5/c1-2-10-20-23-24-21(26(20)14-5-1)16-7-6-13-25(15-16)19-11-12-22-18-9-4-3-8-17(18)19/h3-4,8-9,11-12,16H,1-2,5-7,10,13-15H2/t16-/m0/s1. The van der Waals surface area contributed by atoms with Gasteiger partial charge in [0.05, 0.1) is 5.52 Å². The number of rotatable bonds is 2. The van der Waals surface area contributed by atoms with E-state index in [-0.39, 0.29) is 0 Å². The molecule has 3 aromatic rings. The molecule has 1 atom stereocenters. The predicted octanol–water partition coefficient (Wildman–Crippen LogP) is 3.94. The minimum atomic E-state index is 0.468. The van der Waals surface area contributed by atoms with E-state index in [1.54, 1.807) is 0 Å². The van der Waals surface area contributed by atoms with E-state index in [1.165, 1.54) is 54.8 Å². The molecule has 0 saturated carbocycles. The zero-order valence-corrected chi connectivity index (χ0v) is 15.1. The van der Waals surface area contributed by atoms with Crippen LogP contribution < -0.4 is 4.90 Å². The number of pyridine rings is 1. The molecule has 0 bridgehead atoms. The van der Waals surface area contributed by atoms with E-state index < -0.39 is 0 Å². The summed E-state index contributed by atoms with van der Waals surface area (Å²) in [6.45, 7) is 3.21. The lowest BCUT2D eigenvalue weighted by atomic mass is 9.96. The van der Waals surface area contributed by atoms with Gasteiger partial charge in [-0.1, -0.05) is 24.6 Å². The molecule has 1 fully saturated rings. The van der Waals surface area contributed by atoms with Crippen LogP contribution in [0.3, 0.4) is 0 Å². The van der Waals surface area contributed by atoms with Gasteiger partial charge in [0.1, 0.15) is 11.6 Å². The number of aromatic nitrogens is 4. The van der Waals surface area contributed by atoms with Crippen LogP contribution in [-0.2, 0) is 13.0 Å². The minimum Gasteiger partial charge on any atom is -0.370 e. The molecule has 2 aliphatic heterocycles. The quantitative estimate of drug-likeness (QED) is 0.704. The molecule has 4 heterocycles. The molecule has 5 nitrogen and oxygen atoms in total. The van der Waals surface area contributed by atoms with Crippen LogP contribution in [0, 0.1) is 0 Å². The third kappa shape index (κ3) is 2.75. The number of hydrogen-bond donors (Lipinski definition) is 0. The summed E-state index contributed by atoms with van der Waals surface area (Å²) in [6.07, 6.45) is 9.23. The SMILES string of the molecule is c1ccc2c(N3CCC[C@H](c4nnc5n4CCCCC5)C3)ccnc2c1. The first-order valence-corrected chi connectivity index (χ1v) is 9.91. The summed E-state index contributed by atoms with van der Waals surface area (Å²) in [5.74, 6) is 2.88. The van der Waals surface area contributed by atoms with Crippen LogP contribution in [0.5, 0.6) is 0 Å². The molecule has 2 aromatic heterocycles. The average molecular weight is 347 g/mol. The first-order chi connectivity index (χ1) is 12.9. The number of nitrogens with zero attached hydrogens (tertiary/aromatic N) is 5. The average Bonchev–Trinajstić information content (AvgIpc) is 2.96. The van der Waals surface area contributed by atoms with Crippen LogP contribution in [-0.4, -0.2) is 32.8 Å². The van der Waals surface area contributed by atoms with E-state index in [9.17, 15) is 0 Å². The Labute approximate surface area is 154 Å². The van der Waals surface area contributed by atoms with Gasteiger partial charge in [0.25, 0.3) is 0 Å². The normalized spacial score (nSPS) is 20.8. The van der Waals surface area contributed by atoms with Crippen molar-refractivity contribution in [2.24, 2.45) is 0 Å². The molecule has 0 radical (unpaired) electrons. The van der Waals surface area contributed by atoms with Gasteiger partial charge in [-0.2, -0.15) is 0 Å². The minimum absolute atomic E-state index is 0.468. The van der Waals surface area contributed by atoms with Gasteiger partial charge >= 0.3 is 0 Å². The molecule has 1 aromatic carbocycles. The number of hydrogen-bond acceptors (Lipinski definition) is 4. The van der Waals surface area contributed by atoms with Gasteiger partial charge in [0.15, 0.2) is 0 Å². The van der Waals surface area contributed by atoms with Crippen LogP contribution in [0.4, 0.5) is 5.69 Å². The van der Waals surface area contributed by atoms with E-state index in [4.69, 9.17) is 0 Å². The molecule has 2 aliphatic rings. The van der Waals surface area contributed by atoms with Crippen molar-refractivity contribution in [1.82, 2.24) is 19.7 Å². The first kappa shape index (κ1) is 15.8. The predicted molar refractivity (Wildman–Crippen MR) is 104 cm³/mol. The van der Waals surface area contributed by atoms with Crippen molar-refractivity contribution in [3.63, 3.8) is 0 Å². The zero-order chi connectivity index (χ0) is 17.3. The Morgan fingerprint density at radius 3 is 2.88 bits per heavy atom. The van der Waals surface area contributed by atoms with Crippen molar-refractivity contribution in [1.29, 1.82) is 0 Å². The second-order valence-electron chi connectivity index (χ2n) is 7.57. The first-order valence-electron chi connectivity index (χ1n) is 9.91. The molecule has 0 unspecified atom stereocenters. The number of fused-ring (bicyclic) bond motifs is 2. The van der Waals surface area contributed by atoms with Gasteiger partial charge in [-0.25, -0.2) is 0 Å². The molecule has 5 heteroatoms. The highest BCUT2D eigenvalue weighted by Crippen LogP contribution is 2.33. The largest absolute Gasteiger partial charge is 0.370 e. The molecular weight excluding hydrogens is 322 g/mol. The van der Waals surface area contributed by atoms with E-state index in [0.717, 1.165) is 31.6 Å². The zero-order valence-electron chi connectivity index (χ0n) is 15.1. The Morgan fingerprint density at radius 1 is 0.923 bits per heavy atom. The highest BCUT2D eigenvalue weighted by Gasteiger charge is 2.28. The Bertz CT molecular complexity index is 910. The van der Waals surface area contributed by atoms with Crippen molar-refractivity contribution >= 4 is 16.6 Å². The fourth-order valence-electron chi connectivity index (χ4n) is 4.57. The molecule has 5 rings (SSSR count). The lowest BCUT2D eigenvalue weighted by molar-refractivity contribution is 0.466. The van der Waals surface area contributed by atoms with Crippen molar-refractivity contribution in [2.45, 2.75) is 51.0 Å². The molecule has 0 spiro atoms. The monoisotopic (exact) mass is 347 g/mol. The Kier molecular flexibility index (Phi) is 4.07. The van der Waals surface area contributed by atoms with Gasteiger partial charge in [-0.05, 0) is 37.8 Å². The van der Waals surface area contributed by atoms with Crippen molar-refractivity contribution in [3.05, 3.63) is 48.2 Å². The summed E-state index contributed by atoms with van der Waals surface area (Å²) in [5, 5.41) is 10.4. The van der Waals surface area contributed by atoms with E-state index in [0.29, 0.717) is 5.92 Å². The fraction of sp³-hybridized carbons (Fsp3) is 0.476. The molecular formula is C21H25N5. The van der Waals surface area contributed by atoms with Crippen LogP contribution >= 0.6 is 0 Å². The number of anilines is 1. The van der Waals surface area contributed by atoms with E-state index in [2.05, 4.69) is 55.0 Å². The molecule has 0 aliphatic carbocycles. The van der Waals surface area contributed by atoms with E-state index in [1.807, 2.05) is 6.20 Å². The molecule has 134 valence electrons. The Balaban J connectivity index is 1.46. The van der Waals surface area contributed by atoms with Gasteiger partial charge in [-0.15, -0.1) is 10.2 Å². The number of piperidine rings is 1. The maximum absolute atomic E-state index is 4.63. The second-order valence-corrected chi connectivity index (χ2v) is 7.57. The Hall–Kier alpha value is -2.43. The summed E-state index contributed by atoms with van der Waals surface area (Å²) in [7, 11) is 0. The van der Waals surface area contributed by atoms with Crippen LogP contribution in [0.1, 0.15) is 49.7 Å². The highest BCUT2D eigenvalue weighted by atomic mass is 15.3. The Morgan fingerprint density at radius 2 is 1.88 bits per heavy atom. The summed E-state index contributed by atoms with van der Waals surface area (Å²) in [4.78, 5) is 7.04. The van der Waals surface area contributed by atoms with Crippen molar-refractivity contribution in [3.8, 4) is 0 Å². The van der Waals surface area contributed by atoms with Gasteiger partial charge in [-0.3, -0.25) is 4.98 Å². The van der Waals surface area contributed by atoms with Gasteiger partial charge in [0.2, 0.25) is 0 Å². The topological polar surface area (TPSA) is 46.8 Å². The third-order valence-corrected chi connectivity index (χ3v) is 5.89. The van der Waals surface area contributed by atoms with Crippen molar-refractivity contribution in [2.75, 3.05) is 18.0 Å². The maximum Gasteiger partial charge on any atom is 0.137 e. The number of para-hydroxylation sites is 1. The van der Waals surface area contributed by atoms with Crippen LogP contribution in [0.2, 0.25) is 0 Å². The fourth-order valence-corrected chi connectivity index (χ4v) is 4.57. The van der Waals surface area contributed by atoms with E-state index >= 15 is 0 Å². The molecule has 1 saturated heterocycles. The van der Waals surface area contributed by atoms with Gasteiger partial charge in [0, 0.05) is 49.2 Å². The third-order valence-electron chi connectivity index (χ3n) is 5.89. The maximum atomic E-state index is 4.63. The van der Waals surface area contributed by atoms with Crippen molar-refractivity contribution < 1.29 is 0 Å². The van der Waals surface area contributed by atoms with Crippen LogP contribution in [0.25, 0.3) is 10.9 Å². The summed E-state index contributed by atoms with van der Waals surface area (Å²) >= 11 is 0. The second kappa shape index (κ2) is 6.71. The number of benzene rings is 1. The lowest BCUT2D eigenvalue weighted by Gasteiger charge is -2.34. The molecule has 26 heavy (non-hydrogen) atoms. The molecule has 0 amide bonds. The van der Waals surface area contributed by atoms with Gasteiger partial charge < -0.3 is 9.47 Å². The summed E-state index contributed by atoms with van der Waals surface area (Å²) < 4.78 is 2.42. The lowest BCUT2D eigenvalue weighted by Crippen LogP contribution is -2.35. The smallest absolute Gasteiger partial charge is 0.137 e. The number of aryl methyl sites for hydroxylation is 1.